The van der Waals surface area contributed by atoms with Crippen LogP contribution < -0.4 is 5.32 Å². The van der Waals surface area contributed by atoms with E-state index in [4.69, 9.17) is 0 Å². The number of likely N-dealkylation sites (N-methyl/N-ethyl adjacent to an activating group) is 2. The van der Waals surface area contributed by atoms with Gasteiger partial charge in [-0.1, -0.05) is 6.07 Å². The number of carbonyl (C=O) groups is 3. The van der Waals surface area contributed by atoms with Gasteiger partial charge in [0.2, 0.25) is 5.91 Å². The summed E-state index contributed by atoms with van der Waals surface area (Å²) < 4.78 is 0. The van der Waals surface area contributed by atoms with E-state index in [1.807, 2.05) is 19.9 Å². The van der Waals surface area contributed by atoms with Gasteiger partial charge in [0.05, 0.1) is 17.5 Å². The Morgan fingerprint density at radius 3 is 2.65 bits per heavy atom. The van der Waals surface area contributed by atoms with Crippen molar-refractivity contribution in [3.63, 3.8) is 0 Å². The third-order valence-corrected chi connectivity index (χ3v) is 4.96. The number of carbonyl (C=O) groups excluding carboxylic acids is 3. The van der Waals surface area contributed by atoms with Crippen molar-refractivity contribution >= 4 is 28.9 Å². The second-order valence-corrected chi connectivity index (χ2v) is 6.70. The van der Waals surface area contributed by atoms with Gasteiger partial charge in [0.25, 0.3) is 5.91 Å². The number of aromatic nitrogens is 2. The number of H-pyrrole nitrogens is 1. The van der Waals surface area contributed by atoms with Gasteiger partial charge in [-0.2, -0.15) is 0 Å². The highest BCUT2D eigenvalue weighted by atomic mass is 16.2. The van der Waals surface area contributed by atoms with Crippen molar-refractivity contribution < 1.29 is 14.4 Å². The number of nitrogens with zero attached hydrogens (tertiary/aromatic N) is 3. The van der Waals surface area contributed by atoms with E-state index in [-0.39, 0.29) is 24.3 Å². The molecule has 8 heteroatoms. The summed E-state index contributed by atoms with van der Waals surface area (Å²) in [5, 5.41) is 2.79. The lowest BCUT2D eigenvalue weighted by Crippen LogP contribution is -2.38. The SMILES string of the molecule is Cc1ccc2[nH]c(CCNC(=O)C[C@H]3C(=O)N(C)C(=O)N3C)nc2c1C. The molecule has 1 aliphatic rings. The third-order valence-electron chi connectivity index (χ3n) is 4.96. The lowest BCUT2D eigenvalue weighted by atomic mass is 10.1. The molecular formula is C18H23N5O3. The van der Waals surface area contributed by atoms with Crippen LogP contribution in [0.25, 0.3) is 11.0 Å². The first kappa shape index (κ1) is 17.9. The molecule has 2 aromatic rings. The lowest BCUT2D eigenvalue weighted by molar-refractivity contribution is -0.131. The van der Waals surface area contributed by atoms with Crippen LogP contribution in [0, 0.1) is 13.8 Å². The number of aromatic amines is 1. The molecular weight excluding hydrogens is 334 g/mol. The van der Waals surface area contributed by atoms with Crippen LogP contribution in [0.2, 0.25) is 0 Å². The van der Waals surface area contributed by atoms with Gasteiger partial charge in [-0.05, 0) is 31.0 Å². The molecule has 1 aromatic carbocycles. The number of rotatable bonds is 5. The monoisotopic (exact) mass is 357 g/mol. The molecule has 3 rings (SSSR count). The third kappa shape index (κ3) is 3.14. The van der Waals surface area contributed by atoms with Gasteiger partial charge in [-0.25, -0.2) is 9.78 Å². The minimum atomic E-state index is -0.732. The summed E-state index contributed by atoms with van der Waals surface area (Å²) >= 11 is 0. The van der Waals surface area contributed by atoms with E-state index in [2.05, 4.69) is 21.4 Å². The first-order valence-electron chi connectivity index (χ1n) is 8.55. The number of aryl methyl sites for hydroxylation is 2. The van der Waals surface area contributed by atoms with Gasteiger partial charge in [0.1, 0.15) is 11.9 Å². The van der Waals surface area contributed by atoms with Crippen molar-refractivity contribution in [2.45, 2.75) is 32.7 Å². The van der Waals surface area contributed by atoms with Crippen molar-refractivity contribution in [3.8, 4) is 0 Å². The zero-order valence-corrected chi connectivity index (χ0v) is 15.4. The Labute approximate surface area is 151 Å². The molecule has 2 heterocycles. The zero-order chi connectivity index (χ0) is 19.0. The van der Waals surface area contributed by atoms with Crippen molar-refractivity contribution in [1.82, 2.24) is 25.1 Å². The van der Waals surface area contributed by atoms with Crippen LogP contribution in [-0.4, -0.2) is 64.3 Å². The smallest absolute Gasteiger partial charge is 0.326 e. The van der Waals surface area contributed by atoms with Crippen LogP contribution in [0.3, 0.4) is 0 Å². The summed E-state index contributed by atoms with van der Waals surface area (Å²) in [6.45, 7) is 4.50. The molecule has 2 N–H and O–H groups in total. The first-order valence-corrected chi connectivity index (χ1v) is 8.55. The minimum absolute atomic E-state index is 0.0379. The molecule has 4 amide bonds. The summed E-state index contributed by atoms with van der Waals surface area (Å²) in [4.78, 5) is 46.0. The normalized spacial score (nSPS) is 17.5. The Morgan fingerprint density at radius 1 is 1.27 bits per heavy atom. The van der Waals surface area contributed by atoms with Crippen molar-refractivity contribution in [2.24, 2.45) is 0 Å². The Balaban J connectivity index is 1.55. The van der Waals surface area contributed by atoms with E-state index in [1.165, 1.54) is 24.6 Å². The molecule has 1 fully saturated rings. The summed E-state index contributed by atoms with van der Waals surface area (Å²) in [6, 6.07) is 2.93. The number of imidazole rings is 1. The molecule has 0 radical (unpaired) electrons. The lowest BCUT2D eigenvalue weighted by Gasteiger charge is -2.15. The molecule has 0 aliphatic carbocycles. The maximum atomic E-state index is 12.1. The van der Waals surface area contributed by atoms with Crippen molar-refractivity contribution in [2.75, 3.05) is 20.6 Å². The predicted molar refractivity (Wildman–Crippen MR) is 96.6 cm³/mol. The molecule has 0 saturated carbocycles. The average Bonchev–Trinajstić information content (AvgIpc) is 3.10. The van der Waals surface area contributed by atoms with Gasteiger partial charge < -0.3 is 15.2 Å². The molecule has 138 valence electrons. The zero-order valence-electron chi connectivity index (χ0n) is 15.4. The Hall–Kier alpha value is -2.90. The Bertz CT molecular complexity index is 888. The molecule has 1 atom stereocenters. The van der Waals surface area contributed by atoms with E-state index in [1.54, 1.807) is 0 Å². The van der Waals surface area contributed by atoms with Crippen LogP contribution in [0.15, 0.2) is 12.1 Å². The molecule has 1 saturated heterocycles. The van der Waals surface area contributed by atoms with Crippen LogP contribution in [0.5, 0.6) is 0 Å². The fourth-order valence-electron chi connectivity index (χ4n) is 3.13. The topological polar surface area (TPSA) is 98.4 Å². The number of fused-ring (bicyclic) bond motifs is 1. The number of urea groups is 1. The Kier molecular flexibility index (Phi) is 4.67. The van der Waals surface area contributed by atoms with E-state index in [0.29, 0.717) is 13.0 Å². The number of hydrogen-bond acceptors (Lipinski definition) is 4. The van der Waals surface area contributed by atoms with E-state index < -0.39 is 6.04 Å². The summed E-state index contributed by atoms with van der Waals surface area (Å²) in [7, 11) is 2.95. The standard InChI is InChI=1S/C18H23N5O3/c1-10-5-6-12-16(11(10)2)21-14(20-12)7-8-19-15(24)9-13-17(25)23(4)18(26)22(13)3/h5-6,13H,7-9H2,1-4H3,(H,19,24)(H,20,21)/t13-/m0/s1. The number of nitrogens with one attached hydrogen (secondary N) is 2. The predicted octanol–water partition coefficient (Wildman–Crippen LogP) is 1.12. The maximum Gasteiger partial charge on any atom is 0.326 e. The molecule has 8 nitrogen and oxygen atoms in total. The number of hydrogen-bond donors (Lipinski definition) is 2. The number of amides is 4. The minimum Gasteiger partial charge on any atom is -0.356 e. The fourth-order valence-corrected chi connectivity index (χ4v) is 3.13. The van der Waals surface area contributed by atoms with Gasteiger partial charge in [0, 0.05) is 27.1 Å². The molecule has 0 spiro atoms. The van der Waals surface area contributed by atoms with Gasteiger partial charge in [0.15, 0.2) is 0 Å². The molecule has 1 aliphatic heterocycles. The first-order chi connectivity index (χ1) is 12.3. The van der Waals surface area contributed by atoms with Crippen molar-refractivity contribution in [1.29, 1.82) is 0 Å². The van der Waals surface area contributed by atoms with Gasteiger partial charge in [-0.3, -0.25) is 14.5 Å². The molecule has 0 unspecified atom stereocenters. The highest BCUT2D eigenvalue weighted by molar-refractivity contribution is 6.05. The Morgan fingerprint density at radius 2 is 2.00 bits per heavy atom. The largest absolute Gasteiger partial charge is 0.356 e. The second kappa shape index (κ2) is 6.78. The second-order valence-electron chi connectivity index (χ2n) is 6.70. The van der Waals surface area contributed by atoms with E-state index in [9.17, 15) is 14.4 Å². The molecule has 1 aromatic heterocycles. The van der Waals surface area contributed by atoms with Gasteiger partial charge in [-0.15, -0.1) is 0 Å². The van der Waals surface area contributed by atoms with E-state index in [0.717, 1.165) is 27.3 Å². The fraction of sp³-hybridized carbons (Fsp3) is 0.444. The quantitative estimate of drug-likeness (QED) is 0.784. The molecule has 0 bridgehead atoms. The van der Waals surface area contributed by atoms with Crippen LogP contribution >= 0.6 is 0 Å². The summed E-state index contributed by atoms with van der Waals surface area (Å²) in [5.41, 5.74) is 4.26. The number of benzene rings is 1. The maximum absolute atomic E-state index is 12.1. The van der Waals surface area contributed by atoms with Crippen LogP contribution in [-0.2, 0) is 16.0 Å². The summed E-state index contributed by atoms with van der Waals surface area (Å²) in [5.74, 6) is 0.190. The highest BCUT2D eigenvalue weighted by Crippen LogP contribution is 2.19. The van der Waals surface area contributed by atoms with Gasteiger partial charge >= 0.3 is 6.03 Å². The highest BCUT2D eigenvalue weighted by Gasteiger charge is 2.41. The summed E-state index contributed by atoms with van der Waals surface area (Å²) in [6.07, 6.45) is 0.524. The molecule has 26 heavy (non-hydrogen) atoms. The average molecular weight is 357 g/mol. The van der Waals surface area contributed by atoms with Crippen LogP contribution in [0.4, 0.5) is 4.79 Å². The van der Waals surface area contributed by atoms with Crippen LogP contribution in [0.1, 0.15) is 23.4 Å². The van der Waals surface area contributed by atoms with Crippen molar-refractivity contribution in [3.05, 3.63) is 29.1 Å². The number of imide groups is 1. The van der Waals surface area contributed by atoms with E-state index >= 15 is 0 Å².